The Bertz CT molecular complexity index is 1480. The van der Waals surface area contributed by atoms with E-state index in [1.807, 2.05) is 0 Å². The van der Waals surface area contributed by atoms with Gasteiger partial charge in [-0.2, -0.15) is 0 Å². The van der Waals surface area contributed by atoms with E-state index < -0.39 is 71.8 Å². The molecule has 4 aliphatic carbocycles. The molecule has 4 bridgehead atoms. The number of aromatic amines is 1. The minimum absolute atomic E-state index is 0.0974. The van der Waals surface area contributed by atoms with Crippen LogP contribution in [0, 0.1) is 17.8 Å². The van der Waals surface area contributed by atoms with Crippen LogP contribution < -0.4 is 11.2 Å². The van der Waals surface area contributed by atoms with E-state index in [9.17, 15) is 9.59 Å². The van der Waals surface area contributed by atoms with Gasteiger partial charge in [-0.1, -0.05) is 13.7 Å². The molecule has 0 spiro atoms. The summed E-state index contributed by atoms with van der Waals surface area (Å²) in [7, 11) is 0. The van der Waals surface area contributed by atoms with Crippen LogP contribution in [0.4, 0.5) is 0 Å². The zero-order valence-electron chi connectivity index (χ0n) is 27.9. The average molecular weight is 371 g/mol. The number of fused-ring (bicyclic) bond motifs is 1. The van der Waals surface area contributed by atoms with Crippen LogP contribution in [0.3, 0.4) is 0 Å². The van der Waals surface area contributed by atoms with Gasteiger partial charge in [-0.3, -0.25) is 13.9 Å². The maximum absolute atomic E-state index is 13.8. The summed E-state index contributed by atoms with van der Waals surface area (Å²) in [5.74, 6) is 1.15. The quantitative estimate of drug-likeness (QED) is 0.879. The second kappa shape index (κ2) is 5.57. The molecule has 4 aliphatic rings. The van der Waals surface area contributed by atoms with Crippen molar-refractivity contribution in [3.63, 3.8) is 0 Å². The SMILES string of the molecule is [2H]C([2H])([2H])C([2H])([2H])C([2H])([2H])n1c(=O)c2[nH]c(C34CC5CC(CC3C5)C4)nc2n(C([2H])([2H])C([2H])([2H])C([2H])([2H])[2H])c1=O. The molecule has 0 amide bonds. The minimum Gasteiger partial charge on any atom is -0.336 e. The molecule has 6 heteroatoms. The minimum atomic E-state index is -3.92. The van der Waals surface area contributed by atoms with E-state index in [-0.39, 0.29) is 16.3 Å². The van der Waals surface area contributed by atoms with Crippen molar-refractivity contribution in [3.8, 4) is 0 Å². The van der Waals surface area contributed by atoms with E-state index in [2.05, 4.69) is 9.97 Å². The Hall–Kier alpha value is -1.85. The van der Waals surface area contributed by atoms with Crippen LogP contribution in [0.15, 0.2) is 9.59 Å². The molecular weight excluding hydrogens is 328 g/mol. The third-order valence-electron chi connectivity index (χ3n) is 6.49. The lowest BCUT2D eigenvalue weighted by Crippen LogP contribution is -2.40. The molecule has 0 radical (unpaired) electrons. The maximum Gasteiger partial charge on any atom is 0.332 e. The van der Waals surface area contributed by atoms with Gasteiger partial charge in [0.2, 0.25) is 0 Å². The fourth-order valence-corrected chi connectivity index (χ4v) is 5.79. The molecule has 6 rings (SSSR count). The fourth-order valence-electron chi connectivity index (χ4n) is 5.79. The van der Waals surface area contributed by atoms with Crippen LogP contribution in [-0.2, 0) is 18.4 Å². The van der Waals surface area contributed by atoms with Crippen molar-refractivity contribution in [1.82, 2.24) is 19.1 Å². The number of hydrogen-bond acceptors (Lipinski definition) is 3. The Morgan fingerprint density at radius 3 is 2.54 bits per heavy atom. The lowest BCUT2D eigenvalue weighted by Gasteiger charge is -2.30. The van der Waals surface area contributed by atoms with Crippen LogP contribution in [0.1, 0.15) is 83.6 Å². The summed E-state index contributed by atoms with van der Waals surface area (Å²) in [4.78, 5) is 34.6. The van der Waals surface area contributed by atoms with Gasteiger partial charge in [0.15, 0.2) is 5.65 Å². The molecule has 2 heterocycles. The highest BCUT2D eigenvalue weighted by Gasteiger charge is 2.59. The fraction of sp³-hybridized carbons (Fsp3) is 0.750. The Labute approximate surface area is 172 Å². The highest BCUT2D eigenvalue weighted by Crippen LogP contribution is 2.65. The van der Waals surface area contributed by atoms with Gasteiger partial charge in [0.1, 0.15) is 11.3 Å². The number of rotatable bonds is 5. The first-order chi connectivity index (χ1) is 17.9. The largest absolute Gasteiger partial charge is 0.336 e. The van der Waals surface area contributed by atoms with Crippen molar-refractivity contribution in [2.45, 2.75) is 77.0 Å². The van der Waals surface area contributed by atoms with E-state index in [0.29, 0.717) is 24.7 Å². The van der Waals surface area contributed by atoms with E-state index in [0.717, 1.165) is 19.3 Å². The van der Waals surface area contributed by atoms with Gasteiger partial charge in [0, 0.05) is 34.9 Å². The predicted molar refractivity (Wildman–Crippen MR) is 100 cm³/mol. The van der Waals surface area contributed by atoms with Crippen molar-refractivity contribution in [1.29, 1.82) is 0 Å². The maximum atomic E-state index is 13.8. The van der Waals surface area contributed by atoms with Crippen LogP contribution in [0.25, 0.3) is 11.2 Å². The second-order valence-corrected chi connectivity index (χ2v) is 7.72. The molecule has 4 saturated carbocycles. The van der Waals surface area contributed by atoms with Crippen molar-refractivity contribution < 1.29 is 19.2 Å². The lowest BCUT2D eigenvalue weighted by atomic mass is 9.75. The van der Waals surface area contributed by atoms with Gasteiger partial charge >= 0.3 is 5.69 Å². The van der Waals surface area contributed by atoms with E-state index >= 15 is 0 Å². The summed E-state index contributed by atoms with van der Waals surface area (Å²) in [6.45, 7) is -15.1. The summed E-state index contributed by atoms with van der Waals surface area (Å²) in [5, 5.41) is 0. The third-order valence-corrected chi connectivity index (χ3v) is 6.49. The first-order valence-corrected chi connectivity index (χ1v) is 8.71. The molecule has 0 saturated heterocycles. The molecule has 1 N–H and O–H groups in total. The van der Waals surface area contributed by atoms with Crippen molar-refractivity contribution in [3.05, 3.63) is 26.7 Å². The number of nitrogens with one attached hydrogen (secondary N) is 1. The number of hydrogen-bond donors (Lipinski definition) is 1. The Kier molecular flexibility index (Phi) is 1.56. The first-order valence-electron chi connectivity index (χ1n) is 15.7. The van der Waals surface area contributed by atoms with E-state index in [4.69, 9.17) is 19.2 Å². The van der Waals surface area contributed by atoms with Crippen LogP contribution >= 0.6 is 0 Å². The standard InChI is InChI=1S/C20H28N4O2/c1-3-5-23-16-15(17(25)24(6-4-2)19(23)26)21-18(22-16)20-10-12-7-13(11-20)9-14(20)8-12/h12-14H,3-11H2,1-2H3,(H,21,22)/i1D3,2D3,3D2,4D2,5D2,6D2. The van der Waals surface area contributed by atoms with Gasteiger partial charge in [-0.05, 0) is 62.6 Å². The van der Waals surface area contributed by atoms with Crippen molar-refractivity contribution in [2.75, 3.05) is 0 Å². The second-order valence-electron chi connectivity index (χ2n) is 7.72. The number of H-pyrrole nitrogens is 1. The normalized spacial score (nSPS) is 43.3. The summed E-state index contributed by atoms with van der Waals surface area (Å²) >= 11 is 0. The average Bonchev–Trinajstić information content (AvgIpc) is 3.39. The summed E-state index contributed by atoms with van der Waals surface area (Å²) < 4.78 is 110. The molecule has 4 fully saturated rings. The molecule has 140 valence electrons. The zero-order valence-corrected chi connectivity index (χ0v) is 13.9. The summed E-state index contributed by atoms with van der Waals surface area (Å²) in [6.07, 6.45) is -3.45. The highest BCUT2D eigenvalue weighted by atomic mass is 16.2. The monoisotopic (exact) mass is 370 g/mol. The van der Waals surface area contributed by atoms with Crippen molar-refractivity contribution >= 4 is 11.2 Å². The van der Waals surface area contributed by atoms with Gasteiger partial charge in [0.05, 0.1) is 2.74 Å². The third kappa shape index (κ3) is 2.01. The topological polar surface area (TPSA) is 72.7 Å². The smallest absolute Gasteiger partial charge is 0.332 e. The number of nitrogens with zero attached hydrogens (tertiary/aromatic N) is 3. The summed E-state index contributed by atoms with van der Waals surface area (Å²) in [6, 6.07) is 0. The first kappa shape index (κ1) is 7.28. The van der Waals surface area contributed by atoms with Crippen LogP contribution in [-0.4, -0.2) is 19.1 Å². The van der Waals surface area contributed by atoms with Crippen molar-refractivity contribution in [2.24, 2.45) is 17.8 Å². The van der Waals surface area contributed by atoms with E-state index in [1.54, 1.807) is 0 Å². The lowest BCUT2D eigenvalue weighted by molar-refractivity contribution is 0.262. The van der Waals surface area contributed by atoms with Gasteiger partial charge in [0.25, 0.3) is 5.56 Å². The van der Waals surface area contributed by atoms with Gasteiger partial charge in [-0.25, -0.2) is 9.78 Å². The highest BCUT2D eigenvalue weighted by molar-refractivity contribution is 5.70. The Morgan fingerprint density at radius 1 is 1.15 bits per heavy atom. The molecule has 2 unspecified atom stereocenters. The number of imidazole rings is 1. The Balaban J connectivity index is 1.87. The van der Waals surface area contributed by atoms with E-state index in [1.165, 1.54) is 0 Å². The molecule has 2 atom stereocenters. The molecule has 2 aromatic heterocycles. The molecular formula is C20H28N4O2. The van der Waals surface area contributed by atoms with Gasteiger partial charge in [-0.15, -0.1) is 0 Å². The molecule has 0 aromatic carbocycles. The summed E-state index contributed by atoms with van der Waals surface area (Å²) in [5.41, 5.74) is -5.53. The predicted octanol–water partition coefficient (Wildman–Crippen LogP) is 2.78. The zero-order chi connectivity index (χ0) is 30.2. The molecule has 6 nitrogen and oxygen atoms in total. The molecule has 0 aliphatic heterocycles. The molecule has 26 heavy (non-hydrogen) atoms. The van der Waals surface area contributed by atoms with Gasteiger partial charge < -0.3 is 4.98 Å². The van der Waals surface area contributed by atoms with Crippen LogP contribution in [0.2, 0.25) is 0 Å². The van der Waals surface area contributed by atoms with Crippen LogP contribution in [0.5, 0.6) is 0 Å². The molecule has 2 aromatic rings. The Morgan fingerprint density at radius 2 is 1.85 bits per heavy atom. The number of aryl methyl sites for hydroxylation is 1. The number of aromatic nitrogens is 4.